The molecule has 0 aliphatic rings. The first kappa shape index (κ1) is 11.0. The van der Waals surface area contributed by atoms with Gasteiger partial charge in [0, 0.05) is 5.69 Å². The van der Waals surface area contributed by atoms with E-state index in [4.69, 9.17) is 11.6 Å². The second kappa shape index (κ2) is 4.54. The third kappa shape index (κ3) is 2.17. The van der Waals surface area contributed by atoms with Gasteiger partial charge in [0.15, 0.2) is 0 Å². The van der Waals surface area contributed by atoms with Crippen LogP contribution in [-0.2, 0) is 0 Å². The predicted molar refractivity (Wildman–Crippen MR) is 64.7 cm³/mol. The largest absolute Gasteiger partial charge is 0.352 e. The van der Waals surface area contributed by atoms with Gasteiger partial charge in [-0.1, -0.05) is 23.7 Å². The molecule has 0 aliphatic carbocycles. The van der Waals surface area contributed by atoms with Gasteiger partial charge in [-0.3, -0.25) is 0 Å². The molecule has 1 nitrogen and oxygen atoms in total. The number of rotatable bonds is 2. The fourth-order valence-corrected chi connectivity index (χ4v) is 1.62. The van der Waals surface area contributed by atoms with Gasteiger partial charge >= 0.3 is 0 Å². The van der Waals surface area contributed by atoms with E-state index in [9.17, 15) is 4.39 Å². The Bertz CT molecular complexity index is 491. The third-order valence-corrected chi connectivity index (χ3v) is 2.61. The molecule has 1 N–H and O–H groups in total. The molecule has 0 saturated heterocycles. The zero-order valence-corrected chi connectivity index (χ0v) is 9.48. The van der Waals surface area contributed by atoms with E-state index in [-0.39, 0.29) is 5.82 Å². The quantitative estimate of drug-likeness (QED) is 0.816. The highest BCUT2D eigenvalue weighted by molar-refractivity contribution is 6.33. The number of hydrogen-bond donors (Lipinski definition) is 1. The first-order valence-electron chi connectivity index (χ1n) is 4.86. The van der Waals surface area contributed by atoms with E-state index in [1.54, 1.807) is 18.2 Å². The average Bonchev–Trinajstić information content (AvgIpc) is 2.26. The number of nitrogens with one attached hydrogen (secondary N) is 1. The summed E-state index contributed by atoms with van der Waals surface area (Å²) in [6.45, 7) is 1.92. The minimum atomic E-state index is -0.361. The maximum Gasteiger partial charge on any atom is 0.148 e. The van der Waals surface area contributed by atoms with Gasteiger partial charge < -0.3 is 5.32 Å². The Morgan fingerprint density at radius 2 is 2.12 bits per heavy atom. The lowest BCUT2D eigenvalue weighted by atomic mass is 10.2. The summed E-state index contributed by atoms with van der Waals surface area (Å²) in [6, 6.07) is 13.0. The Morgan fingerprint density at radius 3 is 2.81 bits per heavy atom. The van der Waals surface area contributed by atoms with Crippen LogP contribution >= 0.6 is 11.6 Å². The van der Waals surface area contributed by atoms with Gasteiger partial charge in [0.1, 0.15) is 5.82 Å². The molecule has 0 bridgehead atoms. The minimum Gasteiger partial charge on any atom is -0.352 e. The third-order valence-electron chi connectivity index (χ3n) is 2.29. The Labute approximate surface area is 98.9 Å². The molecule has 2 aromatic rings. The van der Waals surface area contributed by atoms with Crippen molar-refractivity contribution in [2.24, 2.45) is 0 Å². The van der Waals surface area contributed by atoms with Crippen LogP contribution in [0.5, 0.6) is 0 Å². The van der Waals surface area contributed by atoms with Crippen molar-refractivity contribution in [3.8, 4) is 0 Å². The van der Waals surface area contributed by atoms with E-state index in [1.807, 2.05) is 19.1 Å². The lowest BCUT2D eigenvalue weighted by Crippen LogP contribution is -1.96. The number of para-hydroxylation sites is 1. The van der Waals surface area contributed by atoms with Crippen LogP contribution in [0.15, 0.2) is 36.4 Å². The molecule has 0 heterocycles. The summed E-state index contributed by atoms with van der Waals surface area (Å²) in [6.07, 6.45) is 0. The highest BCUT2D eigenvalue weighted by atomic mass is 35.5. The smallest absolute Gasteiger partial charge is 0.148 e. The molecule has 0 saturated carbocycles. The maximum absolute atomic E-state index is 13.5. The van der Waals surface area contributed by atoms with E-state index in [0.717, 1.165) is 11.3 Å². The van der Waals surface area contributed by atoms with Crippen LogP contribution in [-0.4, -0.2) is 0 Å². The van der Waals surface area contributed by atoms with E-state index >= 15 is 0 Å². The number of anilines is 2. The van der Waals surface area contributed by atoms with Gasteiger partial charge in [0.25, 0.3) is 0 Å². The highest BCUT2D eigenvalue weighted by Crippen LogP contribution is 2.29. The van der Waals surface area contributed by atoms with Gasteiger partial charge in [-0.15, -0.1) is 0 Å². The number of halogens is 2. The molecule has 0 atom stereocenters. The number of aryl methyl sites for hydroxylation is 1. The SMILES string of the molecule is Cc1c[c]ccc1Nc1c(F)cccc1Cl. The first-order valence-corrected chi connectivity index (χ1v) is 5.24. The Balaban J connectivity index is 2.38. The first-order chi connectivity index (χ1) is 7.68. The van der Waals surface area contributed by atoms with Crippen molar-refractivity contribution in [3.05, 3.63) is 58.9 Å². The molecular formula is C13H10ClFN. The lowest BCUT2D eigenvalue weighted by Gasteiger charge is -2.11. The second-order valence-corrected chi connectivity index (χ2v) is 3.87. The molecule has 0 spiro atoms. The highest BCUT2D eigenvalue weighted by Gasteiger charge is 2.07. The van der Waals surface area contributed by atoms with Crippen LogP contribution in [0.1, 0.15) is 5.56 Å². The van der Waals surface area contributed by atoms with Gasteiger partial charge in [-0.25, -0.2) is 4.39 Å². The Morgan fingerprint density at radius 1 is 1.31 bits per heavy atom. The second-order valence-electron chi connectivity index (χ2n) is 3.46. The summed E-state index contributed by atoms with van der Waals surface area (Å²) in [5.41, 5.74) is 2.12. The van der Waals surface area contributed by atoms with Crippen LogP contribution in [0.4, 0.5) is 15.8 Å². The molecular weight excluding hydrogens is 225 g/mol. The van der Waals surface area contributed by atoms with Gasteiger partial charge in [-0.05, 0) is 42.8 Å². The molecule has 1 radical (unpaired) electrons. The maximum atomic E-state index is 13.5. The van der Waals surface area contributed by atoms with Crippen molar-refractivity contribution in [2.45, 2.75) is 6.92 Å². The molecule has 0 aromatic heterocycles. The zero-order valence-electron chi connectivity index (χ0n) is 8.72. The van der Waals surface area contributed by atoms with Crippen LogP contribution in [0.25, 0.3) is 0 Å². The topological polar surface area (TPSA) is 12.0 Å². The molecule has 81 valence electrons. The standard InChI is InChI=1S/C13H10ClFN/c1-9-5-2-3-8-12(9)16-13-10(14)6-4-7-11(13)15/h3-8,16H,1H3. The van der Waals surface area contributed by atoms with Crippen molar-refractivity contribution >= 4 is 23.0 Å². The van der Waals surface area contributed by atoms with E-state index < -0.39 is 0 Å². The summed E-state index contributed by atoms with van der Waals surface area (Å²) in [7, 11) is 0. The molecule has 3 heteroatoms. The Hall–Kier alpha value is -1.54. The van der Waals surface area contributed by atoms with Crippen molar-refractivity contribution in [1.82, 2.24) is 0 Å². The summed E-state index contributed by atoms with van der Waals surface area (Å²) >= 11 is 5.92. The van der Waals surface area contributed by atoms with Gasteiger partial charge in [-0.2, -0.15) is 0 Å². The predicted octanol–water partition coefficient (Wildman–Crippen LogP) is 4.33. The summed E-state index contributed by atoms with van der Waals surface area (Å²) in [4.78, 5) is 0. The van der Waals surface area contributed by atoms with Gasteiger partial charge in [0.2, 0.25) is 0 Å². The number of hydrogen-bond acceptors (Lipinski definition) is 1. The molecule has 2 aromatic carbocycles. The number of benzene rings is 2. The van der Waals surface area contributed by atoms with Crippen LogP contribution in [0, 0.1) is 18.8 Å². The molecule has 0 aliphatic heterocycles. The van der Waals surface area contributed by atoms with Gasteiger partial charge in [0.05, 0.1) is 10.7 Å². The van der Waals surface area contributed by atoms with Crippen LogP contribution in [0.2, 0.25) is 5.02 Å². The van der Waals surface area contributed by atoms with E-state index in [0.29, 0.717) is 10.7 Å². The summed E-state index contributed by atoms with van der Waals surface area (Å²) in [5.74, 6) is -0.361. The normalized spacial score (nSPS) is 10.2. The van der Waals surface area contributed by atoms with Crippen LogP contribution in [0.3, 0.4) is 0 Å². The van der Waals surface area contributed by atoms with Crippen molar-refractivity contribution in [3.63, 3.8) is 0 Å². The molecule has 0 amide bonds. The van der Waals surface area contributed by atoms with Crippen molar-refractivity contribution < 1.29 is 4.39 Å². The molecule has 16 heavy (non-hydrogen) atoms. The minimum absolute atomic E-state index is 0.304. The fourth-order valence-electron chi connectivity index (χ4n) is 1.41. The molecule has 0 unspecified atom stereocenters. The van der Waals surface area contributed by atoms with Crippen molar-refractivity contribution in [2.75, 3.05) is 5.32 Å². The summed E-state index contributed by atoms with van der Waals surface area (Å²) < 4.78 is 13.5. The van der Waals surface area contributed by atoms with E-state index in [1.165, 1.54) is 6.07 Å². The zero-order chi connectivity index (χ0) is 11.5. The monoisotopic (exact) mass is 234 g/mol. The van der Waals surface area contributed by atoms with Crippen LogP contribution < -0.4 is 5.32 Å². The molecule has 2 rings (SSSR count). The Kier molecular flexibility index (Phi) is 3.11. The molecule has 0 fully saturated rings. The summed E-state index contributed by atoms with van der Waals surface area (Å²) in [5, 5.41) is 3.35. The van der Waals surface area contributed by atoms with Crippen molar-refractivity contribution in [1.29, 1.82) is 0 Å². The lowest BCUT2D eigenvalue weighted by molar-refractivity contribution is 0.632. The van der Waals surface area contributed by atoms with E-state index in [2.05, 4.69) is 11.4 Å². The fraction of sp³-hybridized carbons (Fsp3) is 0.0769. The average molecular weight is 235 g/mol.